The summed E-state index contributed by atoms with van der Waals surface area (Å²) in [4.78, 5) is 0. The van der Waals surface area contributed by atoms with Crippen LogP contribution >= 0.6 is 6.26 Å². The minimum Gasteiger partial charge on any atom is -0.396 e. The molecule has 0 aliphatic heterocycles. The highest BCUT2D eigenvalue weighted by Gasteiger charge is 2.09. The smallest absolute Gasteiger partial charge is 0.0667 e. The molecule has 11 heavy (non-hydrogen) atoms. The molecule has 0 saturated carbocycles. The van der Waals surface area contributed by atoms with E-state index in [0.717, 1.165) is 0 Å². The quantitative estimate of drug-likeness (QED) is 0.678. The molecule has 0 bridgehead atoms. The van der Waals surface area contributed by atoms with E-state index in [1.807, 2.05) is 6.66 Å². The average Bonchev–Trinajstić information content (AvgIpc) is 1.84. The summed E-state index contributed by atoms with van der Waals surface area (Å²) in [5, 5.41) is 8.65. The zero-order valence-electron chi connectivity index (χ0n) is 7.41. The Morgan fingerprint density at radius 3 is 2.45 bits per heavy atom. The highest BCUT2D eigenvalue weighted by Crippen LogP contribution is 2.42. The van der Waals surface area contributed by atoms with Gasteiger partial charge in [0, 0.05) is 12.8 Å². The summed E-state index contributed by atoms with van der Waals surface area (Å²) in [7, 11) is 0. The van der Waals surface area contributed by atoms with Crippen LogP contribution in [0.4, 0.5) is 0 Å². The maximum atomic E-state index is 8.65. The van der Waals surface area contributed by atoms with E-state index in [-0.39, 0.29) is 6.61 Å². The average molecular weight is 196 g/mol. The van der Waals surface area contributed by atoms with E-state index < -0.39 is 6.26 Å². The van der Waals surface area contributed by atoms with E-state index in [9.17, 15) is 0 Å². The van der Waals surface area contributed by atoms with Crippen molar-refractivity contribution in [3.05, 3.63) is 0 Å². The number of rotatable bonds is 5. The molecule has 0 spiro atoms. The van der Waals surface area contributed by atoms with E-state index in [1.54, 1.807) is 0 Å². The van der Waals surface area contributed by atoms with Crippen molar-refractivity contribution in [3.63, 3.8) is 0 Å². The topological polar surface area (TPSA) is 29.5 Å². The summed E-state index contributed by atoms with van der Waals surface area (Å²) < 4.78 is 5.50. The van der Waals surface area contributed by atoms with Crippen LogP contribution in [0, 0.1) is 5.92 Å². The molecule has 0 aromatic rings. The molecule has 0 aliphatic carbocycles. The van der Waals surface area contributed by atoms with Crippen molar-refractivity contribution in [2.75, 3.05) is 26.0 Å². The van der Waals surface area contributed by atoms with Gasteiger partial charge in [-0.05, 0) is 12.6 Å². The fraction of sp³-hybridized carbons (Fsp3) is 1.00. The van der Waals surface area contributed by atoms with Gasteiger partial charge >= 0.3 is 0 Å². The fourth-order valence-corrected chi connectivity index (χ4v) is 2.09. The molecule has 0 aromatic carbocycles. The van der Waals surface area contributed by atoms with Crippen LogP contribution in [-0.2, 0) is 16.3 Å². The second kappa shape index (κ2) is 5.26. The maximum Gasteiger partial charge on any atom is 0.0667 e. The molecule has 0 heterocycles. The van der Waals surface area contributed by atoms with Gasteiger partial charge in [0.25, 0.3) is 0 Å². The van der Waals surface area contributed by atoms with Crippen molar-refractivity contribution in [2.24, 2.45) is 5.92 Å². The summed E-state index contributed by atoms with van der Waals surface area (Å²) in [5.41, 5.74) is 0. The highest BCUT2D eigenvalue weighted by molar-refractivity contribution is 8.11. The zero-order valence-corrected chi connectivity index (χ0v) is 9.12. The molecule has 1 N–H and O–H groups in total. The Morgan fingerprint density at radius 2 is 2.09 bits per heavy atom. The molecular weight excluding hydrogens is 179 g/mol. The number of aliphatic hydroxyl groups excluding tert-OH is 1. The van der Waals surface area contributed by atoms with Crippen LogP contribution in [-0.4, -0.2) is 31.1 Å². The first-order chi connectivity index (χ1) is 4.98. The lowest BCUT2D eigenvalue weighted by molar-refractivity contribution is 0.285. The number of aliphatic hydroxyl groups is 1. The van der Waals surface area contributed by atoms with Gasteiger partial charge in [-0.15, -0.1) is 0 Å². The van der Waals surface area contributed by atoms with Gasteiger partial charge in [-0.25, -0.2) is 0 Å². The lowest BCUT2D eigenvalue weighted by Crippen LogP contribution is -2.03. The molecule has 0 radical (unpaired) electrons. The molecule has 2 nitrogen and oxygen atoms in total. The summed E-state index contributed by atoms with van der Waals surface area (Å²) in [5.74, 6) is 0.524. The SMILES string of the molecule is CC(C)COP(C)(=S)CCO. The first kappa shape index (κ1) is 11.6. The molecule has 0 amide bonds. The summed E-state index contributed by atoms with van der Waals surface area (Å²) in [6, 6.07) is 0. The molecule has 0 rings (SSSR count). The van der Waals surface area contributed by atoms with Crippen molar-refractivity contribution in [3.8, 4) is 0 Å². The van der Waals surface area contributed by atoms with Crippen LogP contribution in [0.15, 0.2) is 0 Å². The van der Waals surface area contributed by atoms with E-state index in [2.05, 4.69) is 13.8 Å². The molecule has 0 fully saturated rings. The normalized spacial score (nSPS) is 16.8. The van der Waals surface area contributed by atoms with Gasteiger partial charge in [-0.3, -0.25) is 0 Å². The summed E-state index contributed by atoms with van der Waals surface area (Å²) >= 11 is 5.19. The Balaban J connectivity index is 3.64. The van der Waals surface area contributed by atoms with Crippen LogP contribution in [0.25, 0.3) is 0 Å². The van der Waals surface area contributed by atoms with Crippen LogP contribution in [0.5, 0.6) is 0 Å². The minimum absolute atomic E-state index is 0.145. The standard InChI is InChI=1S/C7H17O2PS/c1-7(2)6-9-10(3,11)5-4-8/h7-8H,4-6H2,1-3H3. The third-order valence-electron chi connectivity index (χ3n) is 1.19. The third kappa shape index (κ3) is 6.95. The highest BCUT2D eigenvalue weighted by atomic mass is 32.4. The van der Waals surface area contributed by atoms with Crippen LogP contribution < -0.4 is 0 Å². The van der Waals surface area contributed by atoms with Crippen molar-refractivity contribution in [2.45, 2.75) is 13.8 Å². The lowest BCUT2D eigenvalue weighted by Gasteiger charge is -2.17. The van der Waals surface area contributed by atoms with Crippen molar-refractivity contribution >= 4 is 18.1 Å². The predicted molar refractivity (Wildman–Crippen MR) is 53.0 cm³/mol. The van der Waals surface area contributed by atoms with E-state index in [4.69, 9.17) is 21.4 Å². The molecule has 0 aliphatic rings. The van der Waals surface area contributed by atoms with Crippen molar-refractivity contribution < 1.29 is 9.63 Å². The van der Waals surface area contributed by atoms with Gasteiger partial charge in [0.15, 0.2) is 0 Å². The van der Waals surface area contributed by atoms with Crippen molar-refractivity contribution in [1.29, 1.82) is 0 Å². The fourth-order valence-electron chi connectivity index (χ4n) is 0.553. The number of hydrogen-bond acceptors (Lipinski definition) is 3. The second-order valence-corrected chi connectivity index (χ2v) is 8.20. The largest absolute Gasteiger partial charge is 0.396 e. The molecule has 0 aromatic heterocycles. The molecule has 0 saturated heterocycles. The predicted octanol–water partition coefficient (Wildman–Crippen LogP) is 1.68. The van der Waals surface area contributed by atoms with E-state index >= 15 is 0 Å². The third-order valence-corrected chi connectivity index (χ3v) is 3.76. The Hall–Kier alpha value is 0.570. The Morgan fingerprint density at radius 1 is 1.55 bits per heavy atom. The van der Waals surface area contributed by atoms with E-state index in [1.165, 1.54) is 0 Å². The minimum atomic E-state index is -1.66. The Labute approximate surface area is 74.0 Å². The van der Waals surface area contributed by atoms with Gasteiger partial charge in [0.05, 0.1) is 12.9 Å². The van der Waals surface area contributed by atoms with E-state index in [0.29, 0.717) is 18.7 Å². The van der Waals surface area contributed by atoms with Crippen LogP contribution in [0.2, 0.25) is 0 Å². The van der Waals surface area contributed by atoms with Crippen LogP contribution in [0.3, 0.4) is 0 Å². The first-order valence-electron chi connectivity index (χ1n) is 3.80. The van der Waals surface area contributed by atoms with Crippen LogP contribution in [0.1, 0.15) is 13.8 Å². The molecule has 68 valence electrons. The molecule has 4 heteroatoms. The summed E-state index contributed by atoms with van der Waals surface area (Å²) in [6.07, 6.45) is -1.03. The van der Waals surface area contributed by atoms with Gasteiger partial charge < -0.3 is 9.63 Å². The van der Waals surface area contributed by atoms with Gasteiger partial charge in [-0.1, -0.05) is 25.7 Å². The Bertz CT molecular complexity index is 147. The maximum absolute atomic E-state index is 8.65. The van der Waals surface area contributed by atoms with Gasteiger partial charge in [0.1, 0.15) is 0 Å². The second-order valence-electron chi connectivity index (χ2n) is 3.15. The van der Waals surface area contributed by atoms with Gasteiger partial charge in [0.2, 0.25) is 0 Å². The zero-order chi connectivity index (χ0) is 8.91. The molecular formula is C7H17O2PS. The lowest BCUT2D eigenvalue weighted by atomic mass is 10.2. The monoisotopic (exact) mass is 196 g/mol. The van der Waals surface area contributed by atoms with Crippen molar-refractivity contribution in [1.82, 2.24) is 0 Å². The van der Waals surface area contributed by atoms with Gasteiger partial charge in [-0.2, -0.15) is 0 Å². The molecule has 1 unspecified atom stereocenters. The summed E-state index contributed by atoms with van der Waals surface area (Å²) in [6.45, 7) is 6.98. The first-order valence-corrected chi connectivity index (χ1v) is 7.15. The Kier molecular flexibility index (Phi) is 5.53. The molecule has 1 atom stereocenters. The number of hydrogen-bond donors (Lipinski definition) is 1.